The summed E-state index contributed by atoms with van der Waals surface area (Å²) in [6.07, 6.45) is 1.62. The van der Waals surface area contributed by atoms with Gasteiger partial charge in [-0.1, -0.05) is 186 Å². The number of aryl methyl sites for hydroxylation is 1. The number of hydrogen-bond donors (Lipinski definition) is 1. The molecule has 0 amide bonds. The van der Waals surface area contributed by atoms with Gasteiger partial charge in [-0.05, 0) is 93.4 Å². The minimum atomic E-state index is -3.40. The maximum absolute atomic E-state index is 12.3. The summed E-state index contributed by atoms with van der Waals surface area (Å²) in [6.45, 7) is -4.29. The Bertz CT molecular complexity index is 3530. The van der Waals surface area contributed by atoms with Crippen LogP contribution in [0.3, 0.4) is 0 Å². The number of nitrogens with zero attached hydrogens (tertiary/aromatic N) is 3. The van der Waals surface area contributed by atoms with Crippen molar-refractivity contribution in [2.75, 3.05) is 0 Å². The Kier molecular flexibility index (Phi) is 8.87. The number of rotatable bonds is 9. The van der Waals surface area contributed by atoms with E-state index in [0.717, 1.165) is 27.8 Å². The summed E-state index contributed by atoms with van der Waals surface area (Å²) in [4.78, 5) is 10.3. The fourth-order valence-electron chi connectivity index (χ4n) is 8.27. The van der Waals surface area contributed by atoms with Crippen molar-refractivity contribution in [3.05, 3.63) is 192 Å². The molecule has 0 radical (unpaired) electrons. The quantitative estimate of drug-likeness (QED) is 0.147. The van der Waals surface area contributed by atoms with E-state index in [-0.39, 0.29) is 49.8 Å². The Labute approximate surface area is 409 Å². The third-order valence-electron chi connectivity index (χ3n) is 11.7. The minimum Gasteiger partial charge on any atom is -0.507 e. The summed E-state index contributed by atoms with van der Waals surface area (Å²) >= 11 is 0. The Morgan fingerprint density at radius 2 is 1.31 bits per heavy atom. The van der Waals surface area contributed by atoms with Crippen LogP contribution in [0.25, 0.3) is 83.9 Å². The zero-order valence-electron chi connectivity index (χ0n) is 47.8. The summed E-state index contributed by atoms with van der Waals surface area (Å²) in [7, 11) is 0. The van der Waals surface area contributed by atoms with E-state index in [1.807, 2.05) is 134 Å². The van der Waals surface area contributed by atoms with Crippen molar-refractivity contribution in [3.8, 4) is 78.6 Å². The number of phenols is 1. The van der Waals surface area contributed by atoms with E-state index in [2.05, 4.69) is 19.9 Å². The van der Waals surface area contributed by atoms with Crippen LogP contribution in [-0.4, -0.2) is 19.6 Å². The number of aromatic hydroxyl groups is 1. The van der Waals surface area contributed by atoms with E-state index in [9.17, 15) is 5.11 Å². The first-order valence-electron chi connectivity index (χ1n) is 27.1. The molecule has 1 N–H and O–H groups in total. The number of para-hydroxylation sites is 1. The van der Waals surface area contributed by atoms with Crippen LogP contribution in [-0.2, 0) is 26.5 Å². The van der Waals surface area contributed by atoms with Gasteiger partial charge in [0, 0.05) is 55.0 Å². The van der Waals surface area contributed by atoms with E-state index in [1.165, 1.54) is 24.3 Å². The van der Waals surface area contributed by atoms with Crippen molar-refractivity contribution in [2.24, 2.45) is 0 Å². The van der Waals surface area contributed by atoms with Gasteiger partial charge in [0.25, 0.3) is 0 Å². The molecule has 0 unspecified atom stereocenters. The largest absolute Gasteiger partial charge is 0.507 e. The van der Waals surface area contributed by atoms with Crippen molar-refractivity contribution >= 4 is 11.0 Å². The molecule has 0 bridgehead atoms. The fraction of sp³-hybridized carbons (Fsp3) is 0.186. The van der Waals surface area contributed by atoms with Gasteiger partial charge in [-0.2, -0.15) is 0 Å². The average molecular weight is 1030 g/mol. The number of fused-ring (bicyclic) bond motifs is 1. The second-order valence-electron chi connectivity index (χ2n) is 16.7. The van der Waals surface area contributed by atoms with Crippen LogP contribution in [0.15, 0.2) is 164 Å². The molecule has 0 aliphatic heterocycles. The maximum Gasteiger partial charge on any atom is 0.148 e. The van der Waals surface area contributed by atoms with Gasteiger partial charge in [0.2, 0.25) is 0 Å². The van der Waals surface area contributed by atoms with Gasteiger partial charge in [-0.25, -0.2) is 4.98 Å². The molecule has 322 valence electrons. The average Bonchev–Trinajstić information content (AvgIpc) is 3.75. The van der Waals surface area contributed by atoms with Crippen LogP contribution in [0.4, 0.5) is 0 Å². The summed E-state index contributed by atoms with van der Waals surface area (Å²) in [6, 6.07) is 51.3. The zero-order chi connectivity index (χ0) is 54.0. The number of benzene rings is 7. The Morgan fingerprint density at radius 1 is 0.609 bits per heavy atom. The summed E-state index contributed by atoms with van der Waals surface area (Å²) in [5.41, 5.74) is 7.85. The number of aromatic nitrogens is 3. The first-order valence-corrected chi connectivity index (χ1v) is 21.1. The molecule has 9 aromatic rings. The Hall–Kier alpha value is -6.35. The van der Waals surface area contributed by atoms with Gasteiger partial charge in [0.1, 0.15) is 11.6 Å². The molecule has 0 atom stereocenters. The summed E-state index contributed by atoms with van der Waals surface area (Å²) < 4.78 is 101. The molecule has 0 spiro atoms. The zero-order valence-corrected chi connectivity index (χ0v) is 38.1. The molecule has 0 saturated heterocycles. The van der Waals surface area contributed by atoms with Gasteiger partial charge in [-0.15, -0.1) is 23.8 Å². The van der Waals surface area contributed by atoms with Crippen LogP contribution < -0.4 is 0 Å². The van der Waals surface area contributed by atoms with Crippen LogP contribution in [0.1, 0.15) is 98.8 Å². The molecule has 64 heavy (non-hydrogen) atoms. The van der Waals surface area contributed by atoms with Gasteiger partial charge >= 0.3 is 0 Å². The predicted molar refractivity (Wildman–Crippen MR) is 264 cm³/mol. The van der Waals surface area contributed by atoms with E-state index in [0.29, 0.717) is 67.2 Å². The number of pyridine rings is 1. The molecule has 0 aliphatic carbocycles. The number of hydrogen-bond acceptors (Lipinski definition) is 3. The topological polar surface area (TPSA) is 50.9 Å². The molecule has 0 saturated carbocycles. The van der Waals surface area contributed by atoms with Crippen molar-refractivity contribution in [3.63, 3.8) is 0 Å². The van der Waals surface area contributed by atoms with E-state index in [1.54, 1.807) is 24.4 Å². The standard InChI is InChI=1S/C59H54N3O.Pt/c1-37(2)44-34-50(38(3)4)57(63)52(35-44)58-61-56-49(20-15-21-55(56)62(58)54-27-22-39(5)30-51(54)42-18-13-10-14-19-42)46-31-45(40-16-11-9-12-17-40)32-47(33-46)53-36-43(28-29-60-53)41-23-25-48(26-24-41)59(6,7)8;/h9-32,34-38,63H,1-8H3;/q-1;/i5D3,6D3,7D3,8D3;. The minimum absolute atomic E-state index is 0. The predicted octanol–water partition coefficient (Wildman–Crippen LogP) is 15.8. The van der Waals surface area contributed by atoms with Crippen LogP contribution >= 0.6 is 0 Å². The first-order chi connectivity index (χ1) is 35.3. The Balaban J connectivity index is 0.00000765. The third kappa shape index (κ3) is 8.65. The monoisotopic (exact) mass is 1030 g/mol. The van der Waals surface area contributed by atoms with E-state index < -0.39 is 32.8 Å². The second kappa shape index (κ2) is 18.0. The van der Waals surface area contributed by atoms with Gasteiger partial charge < -0.3 is 5.11 Å². The third-order valence-corrected chi connectivity index (χ3v) is 11.7. The van der Waals surface area contributed by atoms with E-state index >= 15 is 0 Å². The van der Waals surface area contributed by atoms with Crippen molar-refractivity contribution in [2.45, 2.75) is 72.4 Å². The number of imidazole rings is 1. The Morgan fingerprint density at radius 3 is 2.00 bits per heavy atom. The fourth-order valence-corrected chi connectivity index (χ4v) is 8.27. The normalized spacial score (nSPS) is 15.2. The SMILES string of the molecule is [2H]C([2H])([2H])c1ccc(-n2c(-c3cc(C(C)C)cc(C(C)C)c3O)nc3c(-c4[c-]c(-c5cc(-c6ccc(C(C([2H])([2H])[2H])(C([2H])([2H])[2H])C([2H])([2H])[2H])cc6)ccn5)cc(-c5ccccc5)c4)cccc32)c(-c2ccccc2)c1.[Pt]. The molecule has 7 aromatic carbocycles. The first kappa shape index (κ1) is 31.5. The summed E-state index contributed by atoms with van der Waals surface area (Å²) in [5.74, 6) is 0.627. The molecule has 0 aliphatic rings. The molecule has 0 fully saturated rings. The van der Waals surface area contributed by atoms with Crippen LogP contribution in [0, 0.1) is 12.9 Å². The van der Waals surface area contributed by atoms with Crippen LogP contribution in [0.5, 0.6) is 5.75 Å². The van der Waals surface area contributed by atoms with Gasteiger partial charge in [-0.3, -0.25) is 9.55 Å². The van der Waals surface area contributed by atoms with Crippen molar-refractivity contribution in [1.29, 1.82) is 0 Å². The van der Waals surface area contributed by atoms with Crippen LogP contribution in [0.2, 0.25) is 0 Å². The smallest absolute Gasteiger partial charge is 0.148 e. The molecular weight excluding hydrogens is 962 g/mol. The van der Waals surface area contributed by atoms with Gasteiger partial charge in [0.15, 0.2) is 0 Å². The van der Waals surface area contributed by atoms with Crippen molar-refractivity contribution < 1.29 is 42.6 Å². The molecule has 4 nitrogen and oxygen atoms in total. The molecule has 5 heteroatoms. The van der Waals surface area contributed by atoms with Gasteiger partial charge in [0.05, 0.1) is 22.3 Å². The van der Waals surface area contributed by atoms with E-state index in [4.69, 9.17) is 26.4 Å². The molecule has 2 heterocycles. The molecular formula is C59H54N3OPt-. The molecule has 2 aromatic heterocycles. The maximum atomic E-state index is 12.3. The summed E-state index contributed by atoms with van der Waals surface area (Å²) in [5, 5.41) is 12.3. The molecule has 9 rings (SSSR count). The van der Waals surface area contributed by atoms with Crippen molar-refractivity contribution in [1.82, 2.24) is 14.5 Å². The second-order valence-corrected chi connectivity index (χ2v) is 16.7. The number of phenolic OH excluding ortho intramolecular Hbond substituents is 1.